The minimum Gasteiger partial charge on any atom is -0.467 e. The number of methoxy groups -OCH3 is 1. The highest BCUT2D eigenvalue weighted by Gasteiger charge is 2.16. The van der Waals surface area contributed by atoms with E-state index in [9.17, 15) is 9.59 Å². The maximum atomic E-state index is 10.9. The standard InChI is InChI=1S/C8H16N2O6/c1-15-7(13)6(12)3-10-4-16-8(14)5(11)2-9/h5-6,10-12H,2-4,9H2,1H3. The van der Waals surface area contributed by atoms with Gasteiger partial charge in [-0.25, -0.2) is 9.59 Å². The van der Waals surface area contributed by atoms with Gasteiger partial charge in [0.2, 0.25) is 0 Å². The van der Waals surface area contributed by atoms with Crippen molar-refractivity contribution in [1.82, 2.24) is 5.32 Å². The van der Waals surface area contributed by atoms with E-state index in [0.717, 1.165) is 7.11 Å². The zero-order chi connectivity index (χ0) is 12.6. The van der Waals surface area contributed by atoms with Crippen molar-refractivity contribution in [3.63, 3.8) is 0 Å². The summed E-state index contributed by atoms with van der Waals surface area (Å²) >= 11 is 0. The molecule has 0 heterocycles. The van der Waals surface area contributed by atoms with E-state index in [0.29, 0.717) is 0 Å². The minimum absolute atomic E-state index is 0.126. The summed E-state index contributed by atoms with van der Waals surface area (Å²) < 4.78 is 8.77. The van der Waals surface area contributed by atoms with Gasteiger partial charge in [-0.05, 0) is 0 Å². The van der Waals surface area contributed by atoms with Crippen molar-refractivity contribution < 1.29 is 29.3 Å². The monoisotopic (exact) mass is 236 g/mol. The van der Waals surface area contributed by atoms with E-state index in [4.69, 9.17) is 15.9 Å². The van der Waals surface area contributed by atoms with Gasteiger partial charge in [0, 0.05) is 13.1 Å². The van der Waals surface area contributed by atoms with Crippen molar-refractivity contribution in [3.05, 3.63) is 0 Å². The molecule has 0 aromatic carbocycles. The van der Waals surface area contributed by atoms with E-state index in [-0.39, 0.29) is 19.8 Å². The van der Waals surface area contributed by atoms with Crippen LogP contribution in [0.25, 0.3) is 0 Å². The zero-order valence-electron chi connectivity index (χ0n) is 8.88. The van der Waals surface area contributed by atoms with Crippen molar-refractivity contribution in [2.24, 2.45) is 5.73 Å². The fourth-order valence-corrected chi connectivity index (χ4v) is 0.730. The van der Waals surface area contributed by atoms with Crippen LogP contribution in [0.5, 0.6) is 0 Å². The Morgan fingerprint density at radius 1 is 1.31 bits per heavy atom. The van der Waals surface area contributed by atoms with Crippen LogP contribution < -0.4 is 11.1 Å². The van der Waals surface area contributed by atoms with E-state index < -0.39 is 24.1 Å². The molecule has 0 aliphatic rings. The van der Waals surface area contributed by atoms with Gasteiger partial charge in [-0.2, -0.15) is 0 Å². The molecule has 0 aromatic rings. The molecule has 0 saturated carbocycles. The number of hydrogen-bond acceptors (Lipinski definition) is 8. The third-order valence-corrected chi connectivity index (χ3v) is 1.62. The molecule has 0 aliphatic heterocycles. The van der Waals surface area contributed by atoms with Crippen LogP contribution in [0.2, 0.25) is 0 Å². The van der Waals surface area contributed by atoms with Crippen LogP contribution in [0.15, 0.2) is 0 Å². The Morgan fingerprint density at radius 3 is 2.44 bits per heavy atom. The summed E-state index contributed by atoms with van der Waals surface area (Å²) in [4.78, 5) is 21.6. The van der Waals surface area contributed by atoms with Crippen LogP contribution >= 0.6 is 0 Å². The number of aliphatic hydroxyl groups is 2. The molecule has 0 saturated heterocycles. The first-order valence-electron chi connectivity index (χ1n) is 4.54. The van der Waals surface area contributed by atoms with Gasteiger partial charge in [0.25, 0.3) is 0 Å². The normalized spacial score (nSPS) is 14.0. The first-order chi connectivity index (χ1) is 7.52. The van der Waals surface area contributed by atoms with E-state index in [1.807, 2.05) is 0 Å². The Balaban J connectivity index is 3.60. The van der Waals surface area contributed by atoms with Crippen molar-refractivity contribution in [3.8, 4) is 0 Å². The summed E-state index contributed by atoms with van der Waals surface area (Å²) in [5, 5.41) is 20.5. The number of carbonyl (C=O) groups is 2. The smallest absolute Gasteiger partial charge is 0.337 e. The first kappa shape index (κ1) is 14.8. The van der Waals surface area contributed by atoms with Crippen molar-refractivity contribution in [2.75, 3.05) is 26.9 Å². The molecule has 8 heteroatoms. The summed E-state index contributed by atoms with van der Waals surface area (Å²) in [5.74, 6) is -1.66. The van der Waals surface area contributed by atoms with Gasteiger partial charge in [0.1, 0.15) is 6.73 Å². The molecule has 2 atom stereocenters. The Labute approximate surface area is 92.3 Å². The van der Waals surface area contributed by atoms with E-state index >= 15 is 0 Å². The van der Waals surface area contributed by atoms with Crippen LogP contribution in [0, 0.1) is 0 Å². The summed E-state index contributed by atoms with van der Waals surface area (Å²) in [6, 6.07) is 0. The number of nitrogens with one attached hydrogen (secondary N) is 1. The predicted molar refractivity (Wildman–Crippen MR) is 52.0 cm³/mol. The summed E-state index contributed by atoms with van der Waals surface area (Å²) in [7, 11) is 1.14. The number of carbonyl (C=O) groups excluding carboxylic acids is 2. The van der Waals surface area contributed by atoms with Crippen molar-refractivity contribution >= 4 is 11.9 Å². The van der Waals surface area contributed by atoms with Gasteiger partial charge >= 0.3 is 11.9 Å². The Kier molecular flexibility index (Phi) is 7.38. The molecule has 2 unspecified atom stereocenters. The highest BCUT2D eigenvalue weighted by atomic mass is 16.6. The SMILES string of the molecule is COC(=O)C(O)CNCOC(=O)C(O)CN. The fourth-order valence-electron chi connectivity index (χ4n) is 0.730. The second-order valence-electron chi connectivity index (χ2n) is 2.85. The van der Waals surface area contributed by atoms with E-state index in [1.54, 1.807) is 0 Å². The van der Waals surface area contributed by atoms with Crippen LogP contribution in [-0.2, 0) is 19.1 Å². The predicted octanol–water partition coefficient (Wildman–Crippen LogP) is -3.07. The quantitative estimate of drug-likeness (QED) is 0.208. The highest BCUT2D eigenvalue weighted by molar-refractivity contribution is 5.75. The maximum Gasteiger partial charge on any atom is 0.337 e. The molecule has 5 N–H and O–H groups in total. The Morgan fingerprint density at radius 2 is 1.94 bits per heavy atom. The fraction of sp³-hybridized carbons (Fsp3) is 0.750. The molecule has 0 aromatic heterocycles. The van der Waals surface area contributed by atoms with Crippen LogP contribution in [0.3, 0.4) is 0 Å². The van der Waals surface area contributed by atoms with Gasteiger partial charge in [-0.1, -0.05) is 0 Å². The maximum absolute atomic E-state index is 10.9. The number of aliphatic hydroxyl groups excluding tert-OH is 2. The van der Waals surface area contributed by atoms with Crippen molar-refractivity contribution in [2.45, 2.75) is 12.2 Å². The second-order valence-corrected chi connectivity index (χ2v) is 2.85. The van der Waals surface area contributed by atoms with Crippen LogP contribution in [0.1, 0.15) is 0 Å². The molecular formula is C8H16N2O6. The molecule has 0 rings (SSSR count). The topological polar surface area (TPSA) is 131 Å². The molecule has 0 spiro atoms. The number of ether oxygens (including phenoxy) is 2. The number of hydrogen-bond donors (Lipinski definition) is 4. The first-order valence-corrected chi connectivity index (χ1v) is 4.54. The Bertz CT molecular complexity index is 235. The zero-order valence-corrected chi connectivity index (χ0v) is 8.88. The van der Waals surface area contributed by atoms with Crippen molar-refractivity contribution in [1.29, 1.82) is 0 Å². The molecule has 8 nitrogen and oxygen atoms in total. The summed E-state index contributed by atoms with van der Waals surface area (Å²) in [6.07, 6.45) is -2.70. The van der Waals surface area contributed by atoms with Crippen LogP contribution in [0.4, 0.5) is 0 Å². The molecule has 94 valence electrons. The second kappa shape index (κ2) is 7.99. The van der Waals surface area contributed by atoms with Crippen LogP contribution in [-0.4, -0.2) is 61.3 Å². The lowest BCUT2D eigenvalue weighted by Crippen LogP contribution is -2.37. The van der Waals surface area contributed by atoms with E-state index in [2.05, 4.69) is 14.8 Å². The third-order valence-electron chi connectivity index (χ3n) is 1.62. The Hall–Kier alpha value is -1.22. The molecule has 0 bridgehead atoms. The molecule has 0 amide bonds. The number of rotatable bonds is 7. The molecule has 0 fully saturated rings. The summed E-state index contributed by atoms with van der Waals surface area (Å²) in [6.45, 7) is -0.605. The largest absolute Gasteiger partial charge is 0.467 e. The molecular weight excluding hydrogens is 220 g/mol. The lowest BCUT2D eigenvalue weighted by Gasteiger charge is -2.11. The average Bonchev–Trinajstić information content (AvgIpc) is 2.31. The third kappa shape index (κ3) is 5.61. The van der Waals surface area contributed by atoms with Gasteiger partial charge in [-0.3, -0.25) is 5.32 Å². The number of nitrogens with two attached hydrogens (primary N) is 1. The lowest BCUT2D eigenvalue weighted by molar-refractivity contribution is -0.154. The van der Waals surface area contributed by atoms with Gasteiger partial charge in [0.05, 0.1) is 7.11 Å². The van der Waals surface area contributed by atoms with Gasteiger partial charge in [0.15, 0.2) is 12.2 Å². The number of esters is 2. The van der Waals surface area contributed by atoms with E-state index in [1.165, 1.54) is 0 Å². The minimum atomic E-state index is -1.37. The molecule has 16 heavy (non-hydrogen) atoms. The van der Waals surface area contributed by atoms with Gasteiger partial charge in [-0.15, -0.1) is 0 Å². The lowest BCUT2D eigenvalue weighted by atomic mass is 10.3. The van der Waals surface area contributed by atoms with Gasteiger partial charge < -0.3 is 25.4 Å². The molecule has 0 aliphatic carbocycles. The average molecular weight is 236 g/mol. The molecule has 0 radical (unpaired) electrons. The highest BCUT2D eigenvalue weighted by Crippen LogP contribution is 1.87. The summed E-state index contributed by atoms with van der Waals surface area (Å²) in [5.41, 5.74) is 5.01.